The Morgan fingerprint density at radius 3 is 2.81 bits per heavy atom. The Morgan fingerprint density at radius 2 is 2.06 bits per heavy atom. The molecule has 1 aromatic carbocycles. The van der Waals surface area contributed by atoms with Crippen molar-refractivity contribution in [2.24, 2.45) is 5.92 Å². The van der Waals surface area contributed by atoms with Gasteiger partial charge in [-0.05, 0) is 31.4 Å². The van der Waals surface area contributed by atoms with Crippen LogP contribution in [0.1, 0.15) is 19.0 Å². The molecule has 3 rings (SSSR count). The third-order valence-corrected chi connectivity index (χ3v) is 3.29. The topological polar surface area (TPSA) is 24.9 Å². The van der Waals surface area contributed by atoms with Crippen molar-refractivity contribution in [1.82, 2.24) is 4.98 Å². The molecule has 82 valence electrons. The Balaban J connectivity index is 2.07. The van der Waals surface area contributed by atoms with E-state index in [4.69, 9.17) is 0 Å². The smallest absolute Gasteiger partial charge is 0.0725 e. The third kappa shape index (κ3) is 1.64. The Morgan fingerprint density at radius 1 is 1.31 bits per heavy atom. The number of hydrogen-bond acceptors (Lipinski definition) is 2. The first kappa shape index (κ1) is 9.64. The van der Waals surface area contributed by atoms with Gasteiger partial charge in [-0.15, -0.1) is 0 Å². The minimum atomic E-state index is 0.658. The number of fused-ring (bicyclic) bond motifs is 1. The summed E-state index contributed by atoms with van der Waals surface area (Å²) in [5, 5.41) is 4.84. The molecule has 0 aliphatic heterocycles. The average Bonchev–Trinajstić information content (AvgIpc) is 2.94. The van der Waals surface area contributed by atoms with Crippen LogP contribution in [0.4, 0.5) is 5.69 Å². The van der Waals surface area contributed by atoms with Gasteiger partial charge in [0.25, 0.3) is 0 Å². The number of aryl methyl sites for hydroxylation is 1. The van der Waals surface area contributed by atoms with Crippen molar-refractivity contribution >= 4 is 16.6 Å². The standard InChI is InChI=1S/C14H16N2/c1-9-7-13(9)16-14-8-10(2)15-12-6-4-3-5-11(12)14/h3-6,8-9,13H,7H2,1-2H3,(H,15,16). The first-order valence-corrected chi connectivity index (χ1v) is 5.87. The fourth-order valence-corrected chi connectivity index (χ4v) is 2.15. The molecule has 1 aliphatic rings. The van der Waals surface area contributed by atoms with Crippen LogP contribution in [-0.2, 0) is 0 Å². The van der Waals surface area contributed by atoms with Crippen molar-refractivity contribution < 1.29 is 0 Å². The van der Waals surface area contributed by atoms with Crippen molar-refractivity contribution in [2.45, 2.75) is 26.3 Å². The van der Waals surface area contributed by atoms with Crippen LogP contribution in [0.25, 0.3) is 10.9 Å². The number of benzene rings is 1. The second kappa shape index (κ2) is 3.48. The molecule has 16 heavy (non-hydrogen) atoms. The average molecular weight is 212 g/mol. The lowest BCUT2D eigenvalue weighted by atomic mass is 10.1. The number of rotatable bonds is 2. The minimum absolute atomic E-state index is 0.658. The fraction of sp³-hybridized carbons (Fsp3) is 0.357. The van der Waals surface area contributed by atoms with E-state index in [0.717, 1.165) is 17.1 Å². The number of anilines is 1. The maximum Gasteiger partial charge on any atom is 0.0725 e. The molecule has 2 aromatic rings. The molecule has 0 saturated heterocycles. The second-order valence-electron chi connectivity index (χ2n) is 4.79. The van der Waals surface area contributed by atoms with E-state index in [2.05, 4.69) is 41.5 Å². The molecular formula is C14H16N2. The molecule has 2 nitrogen and oxygen atoms in total. The zero-order chi connectivity index (χ0) is 11.1. The Hall–Kier alpha value is -1.57. The molecule has 1 fully saturated rings. The normalized spacial score (nSPS) is 23.4. The van der Waals surface area contributed by atoms with E-state index in [1.54, 1.807) is 0 Å². The summed E-state index contributed by atoms with van der Waals surface area (Å²) < 4.78 is 0. The Labute approximate surface area is 95.7 Å². The Kier molecular flexibility index (Phi) is 2.10. The first-order chi connectivity index (χ1) is 7.74. The maximum atomic E-state index is 4.54. The van der Waals surface area contributed by atoms with Gasteiger partial charge in [0.15, 0.2) is 0 Å². The number of pyridine rings is 1. The summed E-state index contributed by atoms with van der Waals surface area (Å²) in [7, 11) is 0. The molecule has 1 heterocycles. The van der Waals surface area contributed by atoms with Gasteiger partial charge in [-0.2, -0.15) is 0 Å². The lowest BCUT2D eigenvalue weighted by Crippen LogP contribution is -2.04. The summed E-state index contributed by atoms with van der Waals surface area (Å²) in [4.78, 5) is 4.54. The third-order valence-electron chi connectivity index (χ3n) is 3.29. The van der Waals surface area contributed by atoms with Gasteiger partial charge in [0, 0.05) is 22.8 Å². The number of nitrogens with one attached hydrogen (secondary N) is 1. The summed E-state index contributed by atoms with van der Waals surface area (Å²) in [6.45, 7) is 4.34. The summed E-state index contributed by atoms with van der Waals surface area (Å²) in [5.41, 5.74) is 3.39. The van der Waals surface area contributed by atoms with Gasteiger partial charge in [-0.25, -0.2) is 0 Å². The van der Waals surface area contributed by atoms with Gasteiger partial charge in [-0.3, -0.25) is 4.98 Å². The molecule has 2 unspecified atom stereocenters. The molecule has 1 N–H and O–H groups in total. The maximum absolute atomic E-state index is 4.54. The first-order valence-electron chi connectivity index (χ1n) is 5.87. The number of aromatic nitrogens is 1. The number of hydrogen-bond donors (Lipinski definition) is 1. The highest BCUT2D eigenvalue weighted by molar-refractivity contribution is 5.91. The summed E-state index contributed by atoms with van der Waals surface area (Å²) in [6, 6.07) is 11.1. The molecule has 2 atom stereocenters. The lowest BCUT2D eigenvalue weighted by molar-refractivity contribution is 0.930. The van der Waals surface area contributed by atoms with E-state index in [1.165, 1.54) is 17.5 Å². The molecular weight excluding hydrogens is 196 g/mol. The van der Waals surface area contributed by atoms with Crippen LogP contribution >= 0.6 is 0 Å². The van der Waals surface area contributed by atoms with Crippen LogP contribution in [0.5, 0.6) is 0 Å². The zero-order valence-corrected chi connectivity index (χ0v) is 9.70. The van der Waals surface area contributed by atoms with Crippen LogP contribution in [0.3, 0.4) is 0 Å². The summed E-state index contributed by atoms with van der Waals surface area (Å²) in [5.74, 6) is 0.812. The van der Waals surface area contributed by atoms with Gasteiger partial charge in [0.05, 0.1) is 5.52 Å². The Bertz CT molecular complexity index is 533. The molecule has 0 radical (unpaired) electrons. The van der Waals surface area contributed by atoms with Gasteiger partial charge < -0.3 is 5.32 Å². The molecule has 1 aromatic heterocycles. The van der Waals surface area contributed by atoms with E-state index in [0.29, 0.717) is 6.04 Å². The zero-order valence-electron chi connectivity index (χ0n) is 9.70. The lowest BCUT2D eigenvalue weighted by Gasteiger charge is -2.10. The van der Waals surface area contributed by atoms with E-state index < -0.39 is 0 Å². The van der Waals surface area contributed by atoms with Crippen LogP contribution in [0.15, 0.2) is 30.3 Å². The monoisotopic (exact) mass is 212 g/mol. The molecule has 1 aliphatic carbocycles. The number of para-hydroxylation sites is 1. The highest BCUT2D eigenvalue weighted by Gasteiger charge is 2.32. The fourth-order valence-electron chi connectivity index (χ4n) is 2.15. The van der Waals surface area contributed by atoms with Crippen LogP contribution in [0, 0.1) is 12.8 Å². The molecule has 0 bridgehead atoms. The largest absolute Gasteiger partial charge is 0.381 e. The van der Waals surface area contributed by atoms with Gasteiger partial charge in [-0.1, -0.05) is 25.1 Å². The van der Waals surface area contributed by atoms with Crippen LogP contribution in [-0.4, -0.2) is 11.0 Å². The highest BCUT2D eigenvalue weighted by atomic mass is 15.0. The highest BCUT2D eigenvalue weighted by Crippen LogP contribution is 2.34. The molecule has 1 saturated carbocycles. The molecule has 2 heteroatoms. The van der Waals surface area contributed by atoms with Crippen LogP contribution in [0.2, 0.25) is 0 Å². The van der Waals surface area contributed by atoms with Crippen LogP contribution < -0.4 is 5.32 Å². The van der Waals surface area contributed by atoms with Crippen molar-refractivity contribution in [3.8, 4) is 0 Å². The van der Waals surface area contributed by atoms with Crippen molar-refractivity contribution in [3.05, 3.63) is 36.0 Å². The van der Waals surface area contributed by atoms with E-state index >= 15 is 0 Å². The van der Waals surface area contributed by atoms with Crippen molar-refractivity contribution in [3.63, 3.8) is 0 Å². The van der Waals surface area contributed by atoms with E-state index in [-0.39, 0.29) is 0 Å². The van der Waals surface area contributed by atoms with Crippen molar-refractivity contribution in [2.75, 3.05) is 5.32 Å². The molecule has 0 amide bonds. The molecule has 0 spiro atoms. The SMILES string of the molecule is Cc1cc(NC2CC2C)c2ccccc2n1. The predicted molar refractivity (Wildman–Crippen MR) is 67.7 cm³/mol. The summed E-state index contributed by atoms with van der Waals surface area (Å²) >= 11 is 0. The second-order valence-corrected chi connectivity index (χ2v) is 4.79. The van der Waals surface area contributed by atoms with Gasteiger partial charge >= 0.3 is 0 Å². The van der Waals surface area contributed by atoms with Gasteiger partial charge in [0.1, 0.15) is 0 Å². The summed E-state index contributed by atoms with van der Waals surface area (Å²) in [6.07, 6.45) is 1.29. The quantitative estimate of drug-likeness (QED) is 0.825. The predicted octanol–water partition coefficient (Wildman–Crippen LogP) is 3.36. The van der Waals surface area contributed by atoms with Gasteiger partial charge in [0.2, 0.25) is 0 Å². The van der Waals surface area contributed by atoms with E-state index in [1.807, 2.05) is 13.0 Å². The van der Waals surface area contributed by atoms with E-state index in [9.17, 15) is 0 Å². The minimum Gasteiger partial charge on any atom is -0.381 e. The number of nitrogens with zero attached hydrogens (tertiary/aromatic N) is 1. The van der Waals surface area contributed by atoms with Crippen molar-refractivity contribution in [1.29, 1.82) is 0 Å².